The van der Waals surface area contributed by atoms with E-state index < -0.39 is 5.97 Å². The molecule has 3 saturated heterocycles. The van der Waals surface area contributed by atoms with Crippen LogP contribution in [0.25, 0.3) is 0 Å². The first-order chi connectivity index (χ1) is 15.4. The molecule has 4 unspecified atom stereocenters. The molecule has 0 bridgehead atoms. The number of epoxide rings is 1. The Morgan fingerprint density at radius 3 is 1.91 bits per heavy atom. The summed E-state index contributed by atoms with van der Waals surface area (Å²) in [6, 6.07) is 16.6. The summed E-state index contributed by atoms with van der Waals surface area (Å²) in [6.07, 6.45) is 2.04. The van der Waals surface area contributed by atoms with Gasteiger partial charge in [-0.15, -0.1) is 0 Å². The molecule has 3 fully saturated rings. The molecule has 172 valence electrons. The van der Waals surface area contributed by atoms with Crippen molar-refractivity contribution in [1.82, 2.24) is 0 Å². The maximum absolute atomic E-state index is 5.99. The monoisotopic (exact) mass is 440 g/mol. The molecule has 1 spiro atoms. The molecule has 6 nitrogen and oxygen atoms in total. The molecular formula is C26H32O6. The highest BCUT2D eigenvalue weighted by atomic mass is 16.9. The number of ether oxygens (including phenoxy) is 6. The minimum absolute atomic E-state index is 0.122. The molecule has 3 aliphatic rings. The smallest absolute Gasteiger partial charge is 0.283 e. The fourth-order valence-electron chi connectivity index (χ4n) is 4.27. The fraction of sp³-hybridized carbons (Fsp3) is 0.538. The maximum Gasteiger partial charge on any atom is 0.283 e. The van der Waals surface area contributed by atoms with E-state index in [2.05, 4.69) is 38.1 Å². The fourth-order valence-corrected chi connectivity index (χ4v) is 4.27. The molecule has 0 radical (unpaired) electrons. The van der Waals surface area contributed by atoms with Crippen LogP contribution in [0, 0.1) is 0 Å². The molecule has 6 heteroatoms. The highest BCUT2D eigenvalue weighted by Crippen LogP contribution is 2.38. The van der Waals surface area contributed by atoms with Gasteiger partial charge < -0.3 is 28.4 Å². The normalized spacial score (nSPS) is 29.4. The van der Waals surface area contributed by atoms with Crippen LogP contribution in [-0.4, -0.2) is 50.7 Å². The van der Waals surface area contributed by atoms with E-state index >= 15 is 0 Å². The summed E-state index contributed by atoms with van der Waals surface area (Å²) in [5.41, 5.74) is 2.31. The van der Waals surface area contributed by atoms with Crippen LogP contribution in [-0.2, 0) is 24.4 Å². The summed E-state index contributed by atoms with van der Waals surface area (Å²) in [4.78, 5) is 0. The second kappa shape index (κ2) is 8.67. The van der Waals surface area contributed by atoms with E-state index in [4.69, 9.17) is 28.4 Å². The zero-order valence-electron chi connectivity index (χ0n) is 19.0. The first kappa shape index (κ1) is 21.7. The predicted octanol–water partition coefficient (Wildman–Crippen LogP) is 4.44. The lowest BCUT2D eigenvalue weighted by Crippen LogP contribution is -2.31. The van der Waals surface area contributed by atoms with Gasteiger partial charge in [-0.3, -0.25) is 0 Å². The molecule has 32 heavy (non-hydrogen) atoms. The Hall–Kier alpha value is -2.12. The minimum atomic E-state index is -0.854. The highest BCUT2D eigenvalue weighted by molar-refractivity contribution is 5.41. The Balaban J connectivity index is 1.15. The number of rotatable bonds is 8. The predicted molar refractivity (Wildman–Crippen MR) is 119 cm³/mol. The topological polar surface area (TPSA) is 58.7 Å². The number of hydrogen-bond donors (Lipinski definition) is 0. The maximum atomic E-state index is 5.99. The molecule has 0 saturated carbocycles. The first-order valence-electron chi connectivity index (χ1n) is 11.5. The lowest BCUT2D eigenvalue weighted by atomic mass is 9.78. The van der Waals surface area contributed by atoms with Gasteiger partial charge in [0.1, 0.15) is 36.9 Å². The van der Waals surface area contributed by atoms with E-state index in [0.717, 1.165) is 30.9 Å². The van der Waals surface area contributed by atoms with E-state index in [1.165, 1.54) is 11.1 Å². The summed E-state index contributed by atoms with van der Waals surface area (Å²) in [7, 11) is 0. The van der Waals surface area contributed by atoms with Crippen LogP contribution in [0.1, 0.15) is 44.7 Å². The van der Waals surface area contributed by atoms with Crippen molar-refractivity contribution in [3.8, 4) is 11.5 Å². The summed E-state index contributed by atoms with van der Waals surface area (Å²) in [5, 5.41) is 0. The third kappa shape index (κ3) is 4.79. The van der Waals surface area contributed by atoms with Crippen LogP contribution in [0.5, 0.6) is 11.5 Å². The van der Waals surface area contributed by atoms with E-state index in [9.17, 15) is 0 Å². The Bertz CT molecular complexity index is 905. The summed E-state index contributed by atoms with van der Waals surface area (Å²) in [6.45, 7) is 8.85. The van der Waals surface area contributed by atoms with Crippen molar-refractivity contribution in [2.75, 3.05) is 26.4 Å². The van der Waals surface area contributed by atoms with Crippen molar-refractivity contribution in [2.24, 2.45) is 0 Å². The Labute approximate surface area is 189 Å². The van der Waals surface area contributed by atoms with Crippen LogP contribution in [0.2, 0.25) is 0 Å². The molecule has 0 N–H and O–H groups in total. The molecule has 5 rings (SSSR count). The lowest BCUT2D eigenvalue weighted by molar-refractivity contribution is -0.324. The van der Waals surface area contributed by atoms with Crippen molar-refractivity contribution in [2.45, 2.75) is 63.3 Å². The van der Waals surface area contributed by atoms with Crippen molar-refractivity contribution in [3.63, 3.8) is 0 Å². The first-order valence-corrected chi connectivity index (χ1v) is 11.5. The summed E-state index contributed by atoms with van der Waals surface area (Å²) < 4.78 is 34.5. The third-order valence-corrected chi connectivity index (χ3v) is 6.50. The zero-order chi connectivity index (χ0) is 22.2. The van der Waals surface area contributed by atoms with Crippen LogP contribution < -0.4 is 9.47 Å². The average molecular weight is 441 g/mol. The molecule has 2 aromatic rings. The Morgan fingerprint density at radius 2 is 1.41 bits per heavy atom. The van der Waals surface area contributed by atoms with Gasteiger partial charge in [0.25, 0.3) is 5.97 Å². The number of benzene rings is 2. The van der Waals surface area contributed by atoms with E-state index in [1.807, 2.05) is 31.2 Å². The summed E-state index contributed by atoms with van der Waals surface area (Å²) in [5.74, 6) is 0.843. The van der Waals surface area contributed by atoms with Crippen LogP contribution in [0.4, 0.5) is 0 Å². The molecule has 0 aliphatic carbocycles. The highest BCUT2D eigenvalue weighted by Gasteiger charge is 2.48. The third-order valence-electron chi connectivity index (χ3n) is 6.50. The van der Waals surface area contributed by atoms with Gasteiger partial charge in [-0.2, -0.15) is 0 Å². The second-order valence-electron chi connectivity index (χ2n) is 9.45. The van der Waals surface area contributed by atoms with Gasteiger partial charge in [0, 0.05) is 11.8 Å². The largest absolute Gasteiger partial charge is 0.491 e. The minimum Gasteiger partial charge on any atom is -0.491 e. The quantitative estimate of drug-likeness (QED) is 0.566. The van der Waals surface area contributed by atoms with Crippen LogP contribution >= 0.6 is 0 Å². The van der Waals surface area contributed by atoms with Gasteiger partial charge in [0.2, 0.25) is 0 Å². The van der Waals surface area contributed by atoms with Gasteiger partial charge in [0.05, 0.1) is 19.3 Å². The van der Waals surface area contributed by atoms with Crippen LogP contribution in [0.3, 0.4) is 0 Å². The van der Waals surface area contributed by atoms with Gasteiger partial charge in [-0.05, 0) is 48.7 Å². The molecule has 2 aromatic carbocycles. The van der Waals surface area contributed by atoms with Gasteiger partial charge >= 0.3 is 0 Å². The molecular weight excluding hydrogens is 408 g/mol. The molecule has 3 heterocycles. The number of hydrogen-bond acceptors (Lipinski definition) is 6. The molecule has 4 atom stereocenters. The van der Waals surface area contributed by atoms with Gasteiger partial charge in [0.15, 0.2) is 0 Å². The molecule has 0 amide bonds. The molecule has 3 aliphatic heterocycles. The zero-order valence-corrected chi connectivity index (χ0v) is 19.0. The van der Waals surface area contributed by atoms with Crippen molar-refractivity contribution in [1.29, 1.82) is 0 Å². The standard InChI is InChI=1S/C26H32O6/c1-18-12-13-26(31-18)30-17-24(32-26)16-28-22-10-6-20(7-11-22)25(2,3)19-4-8-21(9-5-19)27-14-23-15-29-23/h4-11,18,23-24H,12-17H2,1-3H3. The van der Waals surface area contributed by atoms with E-state index in [-0.39, 0.29) is 23.7 Å². The van der Waals surface area contributed by atoms with Crippen LogP contribution in [0.15, 0.2) is 48.5 Å². The average Bonchev–Trinajstić information content (AvgIpc) is 3.45. The summed E-state index contributed by atoms with van der Waals surface area (Å²) >= 11 is 0. The van der Waals surface area contributed by atoms with E-state index in [1.54, 1.807) is 0 Å². The van der Waals surface area contributed by atoms with Crippen molar-refractivity contribution >= 4 is 0 Å². The lowest BCUT2D eigenvalue weighted by Gasteiger charge is -2.26. The van der Waals surface area contributed by atoms with Crippen molar-refractivity contribution < 1.29 is 28.4 Å². The molecule has 0 aromatic heterocycles. The Morgan fingerprint density at radius 1 is 0.844 bits per heavy atom. The SMILES string of the molecule is CC1CCC2(OCC(COc3ccc(C(C)(C)c4ccc(OCC5CO5)cc4)cc3)O2)O1. The second-order valence-corrected chi connectivity index (χ2v) is 9.45. The Kier molecular flexibility index (Phi) is 5.88. The van der Waals surface area contributed by atoms with Gasteiger partial charge in [-0.1, -0.05) is 38.1 Å². The van der Waals surface area contributed by atoms with E-state index in [0.29, 0.717) is 19.8 Å². The van der Waals surface area contributed by atoms with Crippen molar-refractivity contribution in [3.05, 3.63) is 59.7 Å². The van der Waals surface area contributed by atoms with Gasteiger partial charge in [-0.25, -0.2) is 0 Å².